The van der Waals surface area contributed by atoms with Gasteiger partial charge in [-0.3, -0.25) is 14.2 Å². The van der Waals surface area contributed by atoms with Crippen molar-refractivity contribution in [3.05, 3.63) is 82.3 Å². The maximum absolute atomic E-state index is 13.3. The Morgan fingerprint density at radius 2 is 1.90 bits per heavy atom. The number of amides is 1. The van der Waals surface area contributed by atoms with Crippen molar-refractivity contribution in [3.63, 3.8) is 0 Å². The second-order valence-electron chi connectivity index (χ2n) is 6.55. The second-order valence-corrected chi connectivity index (χ2v) is 6.55. The summed E-state index contributed by atoms with van der Waals surface area (Å²) < 4.78 is 25.1. The molecule has 0 spiro atoms. The molecule has 0 aliphatic rings. The molecule has 0 aliphatic carbocycles. The van der Waals surface area contributed by atoms with Crippen LogP contribution in [0.15, 0.2) is 64.1 Å². The van der Waals surface area contributed by atoms with Crippen LogP contribution in [0.1, 0.15) is 20.8 Å². The Labute approximate surface area is 174 Å². The van der Waals surface area contributed by atoms with Crippen molar-refractivity contribution in [2.24, 2.45) is 0 Å². The number of ether oxygens (including phenoxy) is 1. The predicted octanol–water partition coefficient (Wildman–Crippen LogP) is 2.93. The minimum absolute atomic E-state index is 0.0482. The Morgan fingerprint density at radius 3 is 2.58 bits per heavy atom. The van der Waals surface area contributed by atoms with Gasteiger partial charge in [0.25, 0.3) is 11.5 Å². The molecule has 156 valence electrons. The molecule has 4 rings (SSSR count). The molecule has 0 fully saturated rings. The average Bonchev–Trinajstić information content (AvgIpc) is 3.17. The molecule has 0 aliphatic heterocycles. The third-order valence-corrected chi connectivity index (χ3v) is 4.71. The summed E-state index contributed by atoms with van der Waals surface area (Å²) in [5.41, 5.74) is 1.02. The van der Waals surface area contributed by atoms with Crippen LogP contribution in [-0.2, 0) is 4.74 Å². The van der Waals surface area contributed by atoms with Crippen LogP contribution in [-0.4, -0.2) is 35.6 Å². The standard InChI is InChI=1S/C22H16FN3O5/c1-24-21(28)19-15-9-14(26-11-16(22(29)30-2)25-10-18(26)27)7-8-17(15)31-20(19)12-3-5-13(23)6-4-12/h3-11H,1-2H3,(H,24,28). The molecule has 8 nitrogen and oxygen atoms in total. The van der Waals surface area contributed by atoms with E-state index in [1.807, 2.05) is 0 Å². The lowest BCUT2D eigenvalue weighted by Crippen LogP contribution is -2.21. The zero-order chi connectivity index (χ0) is 22.1. The van der Waals surface area contributed by atoms with Gasteiger partial charge in [0.05, 0.1) is 18.9 Å². The van der Waals surface area contributed by atoms with E-state index in [0.29, 0.717) is 22.2 Å². The second kappa shape index (κ2) is 7.86. The maximum Gasteiger partial charge on any atom is 0.358 e. The number of halogens is 1. The van der Waals surface area contributed by atoms with E-state index in [9.17, 15) is 18.8 Å². The summed E-state index contributed by atoms with van der Waals surface area (Å²) in [5.74, 6) is -1.25. The summed E-state index contributed by atoms with van der Waals surface area (Å²) in [7, 11) is 2.69. The van der Waals surface area contributed by atoms with E-state index in [2.05, 4.69) is 15.0 Å². The quantitative estimate of drug-likeness (QED) is 0.508. The highest BCUT2D eigenvalue weighted by Gasteiger charge is 2.22. The fraction of sp³-hybridized carbons (Fsp3) is 0.0909. The molecule has 0 atom stereocenters. The van der Waals surface area contributed by atoms with Crippen LogP contribution in [0.2, 0.25) is 0 Å². The van der Waals surface area contributed by atoms with Crippen LogP contribution in [0.3, 0.4) is 0 Å². The van der Waals surface area contributed by atoms with Gasteiger partial charge in [0.1, 0.15) is 17.2 Å². The first-order valence-electron chi connectivity index (χ1n) is 9.15. The number of nitrogens with zero attached hydrogens (tertiary/aromatic N) is 2. The lowest BCUT2D eigenvalue weighted by atomic mass is 10.0. The number of nitrogens with one attached hydrogen (secondary N) is 1. The molecule has 9 heteroatoms. The number of furan rings is 1. The van der Waals surface area contributed by atoms with Crippen molar-refractivity contribution in [2.45, 2.75) is 0 Å². The molecule has 2 heterocycles. The first-order chi connectivity index (χ1) is 14.9. The largest absolute Gasteiger partial charge is 0.464 e. The summed E-state index contributed by atoms with van der Waals surface area (Å²) in [6.45, 7) is 0. The van der Waals surface area contributed by atoms with E-state index < -0.39 is 23.3 Å². The van der Waals surface area contributed by atoms with Crippen molar-refractivity contribution < 1.29 is 23.1 Å². The van der Waals surface area contributed by atoms with Gasteiger partial charge in [-0.25, -0.2) is 14.2 Å². The number of fused-ring (bicyclic) bond motifs is 1. The minimum atomic E-state index is -0.692. The molecular weight excluding hydrogens is 405 g/mol. The SMILES string of the molecule is CNC(=O)c1c(-c2ccc(F)cc2)oc2ccc(-n3cc(C(=O)OC)ncc3=O)cc12. The van der Waals surface area contributed by atoms with Gasteiger partial charge >= 0.3 is 5.97 Å². The first-order valence-corrected chi connectivity index (χ1v) is 9.15. The van der Waals surface area contributed by atoms with E-state index in [-0.39, 0.29) is 17.0 Å². The molecule has 31 heavy (non-hydrogen) atoms. The molecule has 0 saturated carbocycles. The van der Waals surface area contributed by atoms with Crippen LogP contribution < -0.4 is 10.9 Å². The molecule has 0 radical (unpaired) electrons. The number of hydrogen-bond donors (Lipinski definition) is 1. The number of hydrogen-bond acceptors (Lipinski definition) is 6. The van der Waals surface area contributed by atoms with Crippen molar-refractivity contribution in [3.8, 4) is 17.0 Å². The molecule has 0 unspecified atom stereocenters. The average molecular weight is 421 g/mol. The highest BCUT2D eigenvalue weighted by Crippen LogP contribution is 2.34. The van der Waals surface area contributed by atoms with Crippen LogP contribution in [0.5, 0.6) is 0 Å². The third-order valence-electron chi connectivity index (χ3n) is 4.71. The van der Waals surface area contributed by atoms with Gasteiger partial charge in [0.2, 0.25) is 0 Å². The topological polar surface area (TPSA) is 103 Å². The van der Waals surface area contributed by atoms with Crippen LogP contribution in [0.25, 0.3) is 28.0 Å². The molecular formula is C22H16FN3O5. The van der Waals surface area contributed by atoms with Gasteiger partial charge in [0.15, 0.2) is 5.69 Å². The van der Waals surface area contributed by atoms with Crippen molar-refractivity contribution in [2.75, 3.05) is 14.2 Å². The summed E-state index contributed by atoms with van der Waals surface area (Å²) in [5, 5.41) is 3.01. The highest BCUT2D eigenvalue weighted by molar-refractivity contribution is 6.11. The summed E-state index contributed by atoms with van der Waals surface area (Å²) >= 11 is 0. The number of aromatic nitrogens is 2. The molecule has 4 aromatic rings. The molecule has 0 bridgehead atoms. The van der Waals surface area contributed by atoms with Crippen molar-refractivity contribution in [1.82, 2.24) is 14.9 Å². The molecule has 0 saturated heterocycles. The number of carbonyl (C=O) groups is 2. The smallest absolute Gasteiger partial charge is 0.358 e. The van der Waals surface area contributed by atoms with Crippen LogP contribution >= 0.6 is 0 Å². The molecule has 2 aromatic carbocycles. The van der Waals surface area contributed by atoms with Crippen molar-refractivity contribution >= 4 is 22.8 Å². The lowest BCUT2D eigenvalue weighted by molar-refractivity contribution is 0.0593. The number of esters is 1. The minimum Gasteiger partial charge on any atom is -0.464 e. The van der Waals surface area contributed by atoms with Gasteiger partial charge in [0, 0.05) is 29.9 Å². The van der Waals surface area contributed by atoms with Gasteiger partial charge < -0.3 is 14.5 Å². The monoisotopic (exact) mass is 421 g/mol. The van der Waals surface area contributed by atoms with Crippen molar-refractivity contribution in [1.29, 1.82) is 0 Å². The van der Waals surface area contributed by atoms with Gasteiger partial charge in [-0.15, -0.1) is 0 Å². The maximum atomic E-state index is 13.3. The Kier molecular flexibility index (Phi) is 5.08. The zero-order valence-corrected chi connectivity index (χ0v) is 16.5. The number of methoxy groups -OCH3 is 1. The fourth-order valence-electron chi connectivity index (χ4n) is 3.21. The van der Waals surface area contributed by atoms with Crippen LogP contribution in [0, 0.1) is 5.82 Å². The number of benzene rings is 2. The van der Waals surface area contributed by atoms with E-state index in [0.717, 1.165) is 6.20 Å². The third kappa shape index (κ3) is 3.57. The first kappa shape index (κ1) is 20.0. The molecule has 2 aromatic heterocycles. The molecule has 1 amide bonds. The Morgan fingerprint density at radius 1 is 1.16 bits per heavy atom. The normalized spacial score (nSPS) is 10.8. The fourth-order valence-corrected chi connectivity index (χ4v) is 3.21. The Hall–Kier alpha value is -4.27. The summed E-state index contributed by atoms with van der Waals surface area (Å²) in [6.07, 6.45) is 2.27. The van der Waals surface area contributed by atoms with Crippen LogP contribution in [0.4, 0.5) is 4.39 Å². The Balaban J connectivity index is 1.94. The van der Waals surface area contributed by atoms with Gasteiger partial charge in [-0.2, -0.15) is 0 Å². The van der Waals surface area contributed by atoms with Gasteiger partial charge in [-0.1, -0.05) is 0 Å². The Bertz CT molecular complexity index is 1370. The highest BCUT2D eigenvalue weighted by atomic mass is 19.1. The summed E-state index contributed by atoms with van der Waals surface area (Å²) in [6, 6.07) is 10.4. The zero-order valence-electron chi connectivity index (χ0n) is 16.5. The number of carbonyl (C=O) groups excluding carboxylic acids is 2. The number of rotatable bonds is 4. The molecule has 1 N–H and O–H groups in total. The van der Waals surface area contributed by atoms with E-state index in [1.165, 1.54) is 49.2 Å². The van der Waals surface area contributed by atoms with E-state index >= 15 is 0 Å². The predicted molar refractivity (Wildman–Crippen MR) is 110 cm³/mol. The lowest BCUT2D eigenvalue weighted by Gasteiger charge is -2.07. The summed E-state index contributed by atoms with van der Waals surface area (Å²) in [4.78, 5) is 40.6. The van der Waals surface area contributed by atoms with Gasteiger partial charge in [-0.05, 0) is 42.5 Å². The van der Waals surface area contributed by atoms with E-state index in [4.69, 9.17) is 4.42 Å². The van der Waals surface area contributed by atoms with E-state index in [1.54, 1.807) is 18.2 Å².